The SMILES string of the molecule is COc1ccc(/C=C/C(=O)N(Cc2ccc(C)cc2)[C@H]2CCS(=O)(=O)C2)cc1. The van der Waals surface area contributed by atoms with Crippen molar-refractivity contribution in [1.29, 1.82) is 0 Å². The molecule has 0 spiro atoms. The van der Waals surface area contributed by atoms with E-state index in [1.54, 1.807) is 18.1 Å². The minimum absolute atomic E-state index is 0.0287. The van der Waals surface area contributed by atoms with Crippen LogP contribution in [-0.4, -0.2) is 43.9 Å². The van der Waals surface area contributed by atoms with Gasteiger partial charge in [0.2, 0.25) is 5.91 Å². The minimum Gasteiger partial charge on any atom is -0.497 e. The lowest BCUT2D eigenvalue weighted by Crippen LogP contribution is -2.39. The van der Waals surface area contributed by atoms with Gasteiger partial charge in [0.1, 0.15) is 5.75 Å². The number of carbonyl (C=O) groups is 1. The van der Waals surface area contributed by atoms with Crippen LogP contribution in [0.1, 0.15) is 23.1 Å². The lowest BCUT2D eigenvalue weighted by molar-refractivity contribution is -0.128. The molecule has 3 rings (SSSR count). The van der Waals surface area contributed by atoms with Crippen LogP contribution in [0.25, 0.3) is 6.08 Å². The summed E-state index contributed by atoms with van der Waals surface area (Å²) in [6.45, 7) is 2.40. The number of sulfone groups is 1. The van der Waals surface area contributed by atoms with Crippen molar-refractivity contribution in [3.63, 3.8) is 0 Å². The maximum atomic E-state index is 12.9. The Morgan fingerprint density at radius 1 is 1.14 bits per heavy atom. The van der Waals surface area contributed by atoms with Crippen LogP contribution in [0.4, 0.5) is 0 Å². The van der Waals surface area contributed by atoms with E-state index in [2.05, 4.69) is 0 Å². The summed E-state index contributed by atoms with van der Waals surface area (Å²) in [5.74, 6) is 0.734. The molecule has 1 atom stereocenters. The monoisotopic (exact) mass is 399 g/mol. The van der Waals surface area contributed by atoms with Gasteiger partial charge in [0, 0.05) is 18.7 Å². The van der Waals surface area contributed by atoms with Crippen molar-refractivity contribution >= 4 is 21.8 Å². The molecule has 1 saturated heterocycles. The molecular weight excluding hydrogens is 374 g/mol. The number of hydrogen-bond donors (Lipinski definition) is 0. The zero-order valence-electron chi connectivity index (χ0n) is 16.2. The van der Waals surface area contributed by atoms with E-state index in [4.69, 9.17) is 4.74 Å². The number of methoxy groups -OCH3 is 1. The van der Waals surface area contributed by atoms with Gasteiger partial charge in [0.15, 0.2) is 9.84 Å². The molecular formula is C22H25NO4S. The molecule has 0 N–H and O–H groups in total. The van der Waals surface area contributed by atoms with Crippen LogP contribution in [-0.2, 0) is 21.2 Å². The first-order valence-corrected chi connectivity index (χ1v) is 11.1. The normalized spacial score (nSPS) is 18.3. The molecule has 5 nitrogen and oxygen atoms in total. The van der Waals surface area contributed by atoms with E-state index in [0.717, 1.165) is 22.4 Å². The van der Waals surface area contributed by atoms with E-state index in [9.17, 15) is 13.2 Å². The molecule has 1 amide bonds. The van der Waals surface area contributed by atoms with Crippen LogP contribution in [0.15, 0.2) is 54.6 Å². The quantitative estimate of drug-likeness (QED) is 0.700. The van der Waals surface area contributed by atoms with Gasteiger partial charge in [-0.25, -0.2) is 8.42 Å². The Hall–Kier alpha value is -2.60. The highest BCUT2D eigenvalue weighted by Gasteiger charge is 2.34. The maximum absolute atomic E-state index is 12.9. The topological polar surface area (TPSA) is 63.7 Å². The third-order valence-corrected chi connectivity index (χ3v) is 6.69. The van der Waals surface area contributed by atoms with E-state index >= 15 is 0 Å². The summed E-state index contributed by atoms with van der Waals surface area (Å²) in [7, 11) is -1.48. The number of rotatable bonds is 6. The number of benzene rings is 2. The molecule has 0 aliphatic carbocycles. The second-order valence-electron chi connectivity index (χ2n) is 7.12. The number of carbonyl (C=O) groups excluding carboxylic acids is 1. The Balaban J connectivity index is 1.79. The van der Waals surface area contributed by atoms with E-state index < -0.39 is 9.84 Å². The molecule has 0 aromatic heterocycles. The summed E-state index contributed by atoms with van der Waals surface area (Å²) in [6.07, 6.45) is 3.74. The molecule has 0 bridgehead atoms. The molecule has 2 aromatic carbocycles. The third kappa shape index (κ3) is 5.23. The smallest absolute Gasteiger partial charge is 0.247 e. The third-order valence-electron chi connectivity index (χ3n) is 4.94. The van der Waals surface area contributed by atoms with E-state index in [1.165, 1.54) is 6.08 Å². The molecule has 0 unspecified atom stereocenters. The summed E-state index contributed by atoms with van der Waals surface area (Å²) in [5.41, 5.74) is 3.01. The van der Waals surface area contributed by atoms with Gasteiger partial charge in [-0.1, -0.05) is 42.0 Å². The minimum atomic E-state index is -3.08. The Kier molecular flexibility index (Phi) is 6.19. The molecule has 1 aliphatic rings. The molecule has 6 heteroatoms. The van der Waals surface area contributed by atoms with E-state index in [-0.39, 0.29) is 23.5 Å². The first kappa shape index (κ1) is 20.1. The van der Waals surface area contributed by atoms with Gasteiger partial charge in [0.05, 0.1) is 18.6 Å². The Bertz CT molecular complexity index is 947. The van der Waals surface area contributed by atoms with Gasteiger partial charge in [-0.05, 0) is 42.7 Å². The number of aryl methyl sites for hydroxylation is 1. The Labute approximate surface area is 166 Å². The number of amides is 1. The molecule has 0 saturated carbocycles. The fourth-order valence-corrected chi connectivity index (χ4v) is 5.01. The lowest BCUT2D eigenvalue weighted by Gasteiger charge is -2.27. The predicted molar refractivity (Wildman–Crippen MR) is 111 cm³/mol. The highest BCUT2D eigenvalue weighted by atomic mass is 32.2. The van der Waals surface area contributed by atoms with Gasteiger partial charge >= 0.3 is 0 Å². The molecule has 1 aliphatic heterocycles. The van der Waals surface area contributed by atoms with Crippen molar-refractivity contribution in [3.05, 3.63) is 71.3 Å². The van der Waals surface area contributed by atoms with Gasteiger partial charge in [-0.2, -0.15) is 0 Å². The summed E-state index contributed by atoms with van der Waals surface area (Å²) >= 11 is 0. The molecule has 0 radical (unpaired) electrons. The largest absolute Gasteiger partial charge is 0.497 e. The highest BCUT2D eigenvalue weighted by Crippen LogP contribution is 2.21. The Morgan fingerprint density at radius 2 is 1.82 bits per heavy atom. The van der Waals surface area contributed by atoms with Crippen LogP contribution in [0.3, 0.4) is 0 Å². The van der Waals surface area contributed by atoms with Crippen molar-refractivity contribution in [2.24, 2.45) is 0 Å². The summed E-state index contributed by atoms with van der Waals surface area (Å²) in [6, 6.07) is 15.1. The fraction of sp³-hybridized carbons (Fsp3) is 0.318. The molecule has 2 aromatic rings. The number of hydrogen-bond acceptors (Lipinski definition) is 4. The summed E-state index contributed by atoms with van der Waals surface area (Å²) < 4.78 is 29.0. The van der Waals surface area contributed by atoms with Crippen molar-refractivity contribution in [3.8, 4) is 5.75 Å². The molecule has 1 heterocycles. The molecule has 148 valence electrons. The maximum Gasteiger partial charge on any atom is 0.247 e. The average Bonchev–Trinajstić information content (AvgIpc) is 3.05. The van der Waals surface area contributed by atoms with E-state index in [0.29, 0.717) is 13.0 Å². The average molecular weight is 400 g/mol. The first-order valence-electron chi connectivity index (χ1n) is 9.25. The van der Waals surface area contributed by atoms with Crippen molar-refractivity contribution < 1.29 is 17.9 Å². The van der Waals surface area contributed by atoms with Crippen molar-refractivity contribution in [2.45, 2.75) is 25.9 Å². The van der Waals surface area contributed by atoms with Crippen molar-refractivity contribution in [2.75, 3.05) is 18.6 Å². The standard InChI is InChI=1S/C22H25NO4S/c1-17-3-5-19(6-4-17)15-23(20-13-14-28(25,26)16-20)22(24)12-9-18-7-10-21(27-2)11-8-18/h3-12,20H,13-16H2,1-2H3/b12-9+/t20-/m0/s1. The van der Waals surface area contributed by atoms with Crippen LogP contribution in [0.2, 0.25) is 0 Å². The number of nitrogens with zero attached hydrogens (tertiary/aromatic N) is 1. The zero-order valence-corrected chi connectivity index (χ0v) is 17.0. The lowest BCUT2D eigenvalue weighted by atomic mass is 10.1. The van der Waals surface area contributed by atoms with Crippen LogP contribution in [0.5, 0.6) is 5.75 Å². The predicted octanol–water partition coefficient (Wildman–Crippen LogP) is 3.23. The van der Waals surface area contributed by atoms with Crippen LogP contribution < -0.4 is 4.74 Å². The van der Waals surface area contributed by atoms with Gasteiger partial charge in [-0.3, -0.25) is 4.79 Å². The number of ether oxygens (including phenoxy) is 1. The first-order chi connectivity index (χ1) is 13.4. The van der Waals surface area contributed by atoms with Gasteiger partial charge in [0.25, 0.3) is 0 Å². The van der Waals surface area contributed by atoms with Crippen LogP contribution >= 0.6 is 0 Å². The Morgan fingerprint density at radius 3 is 2.39 bits per heavy atom. The molecule has 28 heavy (non-hydrogen) atoms. The van der Waals surface area contributed by atoms with Crippen molar-refractivity contribution in [1.82, 2.24) is 4.90 Å². The highest BCUT2D eigenvalue weighted by molar-refractivity contribution is 7.91. The molecule has 1 fully saturated rings. The van der Waals surface area contributed by atoms with Gasteiger partial charge < -0.3 is 9.64 Å². The summed E-state index contributed by atoms with van der Waals surface area (Å²) in [5, 5.41) is 0. The summed E-state index contributed by atoms with van der Waals surface area (Å²) in [4.78, 5) is 14.6. The van der Waals surface area contributed by atoms with Crippen LogP contribution in [0, 0.1) is 6.92 Å². The fourth-order valence-electron chi connectivity index (χ4n) is 3.28. The zero-order chi connectivity index (χ0) is 20.1. The second kappa shape index (κ2) is 8.61. The van der Waals surface area contributed by atoms with Gasteiger partial charge in [-0.15, -0.1) is 0 Å². The van der Waals surface area contributed by atoms with E-state index in [1.807, 2.05) is 55.5 Å². The second-order valence-corrected chi connectivity index (χ2v) is 9.34.